The molecule has 0 bridgehead atoms. The largest absolute Gasteiger partial charge is 0.378 e. The topological polar surface area (TPSA) is 32.8 Å². The van der Waals surface area contributed by atoms with Crippen molar-refractivity contribution in [1.82, 2.24) is 9.80 Å². The van der Waals surface area contributed by atoms with E-state index in [1.807, 2.05) is 9.80 Å². The predicted molar refractivity (Wildman–Crippen MR) is 109 cm³/mol. The second kappa shape index (κ2) is 9.41. The van der Waals surface area contributed by atoms with Crippen LogP contribution in [0.2, 0.25) is 0 Å². The fourth-order valence-electron chi connectivity index (χ4n) is 3.95. The minimum absolute atomic E-state index is 0.0445. The van der Waals surface area contributed by atoms with Gasteiger partial charge in [-0.15, -0.1) is 11.8 Å². The average Bonchev–Trinajstić information content (AvgIpc) is 3.14. The fraction of sp³-hybridized carbons (Fsp3) is 0.409. The molecule has 0 N–H and O–H groups in total. The van der Waals surface area contributed by atoms with Gasteiger partial charge < -0.3 is 9.64 Å². The number of thioether (sulfide) groups is 1. The minimum Gasteiger partial charge on any atom is -0.378 e. The summed E-state index contributed by atoms with van der Waals surface area (Å²) < 4.78 is 45.5. The third-order valence-corrected chi connectivity index (χ3v) is 6.68. The van der Waals surface area contributed by atoms with E-state index in [2.05, 4.69) is 0 Å². The number of carbonyl (C=O) groups excluding carboxylic acids is 1. The van der Waals surface area contributed by atoms with Crippen LogP contribution in [0.3, 0.4) is 0 Å². The maximum absolute atomic E-state index is 13.7. The zero-order chi connectivity index (χ0) is 21.1. The molecule has 0 spiro atoms. The molecule has 0 aliphatic carbocycles. The van der Waals surface area contributed by atoms with Crippen molar-refractivity contribution in [1.29, 1.82) is 0 Å². The lowest BCUT2D eigenvalue weighted by Gasteiger charge is -2.32. The summed E-state index contributed by atoms with van der Waals surface area (Å²) in [5.41, 5.74) is 0.626. The maximum Gasteiger partial charge on any atom is 0.240 e. The van der Waals surface area contributed by atoms with Gasteiger partial charge >= 0.3 is 0 Å². The highest BCUT2D eigenvalue weighted by atomic mass is 32.2. The number of likely N-dealkylation sites (tertiary alicyclic amines) is 1. The van der Waals surface area contributed by atoms with E-state index in [1.54, 1.807) is 30.0 Å². The van der Waals surface area contributed by atoms with Crippen LogP contribution >= 0.6 is 11.8 Å². The molecule has 0 radical (unpaired) electrons. The number of halogens is 3. The van der Waals surface area contributed by atoms with Gasteiger partial charge in [-0.3, -0.25) is 9.69 Å². The summed E-state index contributed by atoms with van der Waals surface area (Å²) in [5.74, 6) is -2.01. The molecule has 30 heavy (non-hydrogen) atoms. The Hall–Kier alpha value is -2.03. The van der Waals surface area contributed by atoms with Crippen molar-refractivity contribution in [3.05, 3.63) is 65.5 Å². The highest BCUT2D eigenvalue weighted by Gasteiger charge is 2.39. The number of morpholine rings is 1. The van der Waals surface area contributed by atoms with Crippen LogP contribution in [0.1, 0.15) is 12.0 Å². The molecule has 0 saturated carbocycles. The van der Waals surface area contributed by atoms with Gasteiger partial charge in [-0.25, -0.2) is 13.2 Å². The zero-order valence-corrected chi connectivity index (χ0v) is 17.2. The van der Waals surface area contributed by atoms with E-state index in [0.29, 0.717) is 51.4 Å². The summed E-state index contributed by atoms with van der Waals surface area (Å²) in [4.78, 5) is 18.0. The number of nitrogens with zero attached hydrogens (tertiary/aromatic N) is 2. The highest BCUT2D eigenvalue weighted by Crippen LogP contribution is 2.34. The van der Waals surface area contributed by atoms with Crippen molar-refractivity contribution in [3.8, 4) is 0 Å². The van der Waals surface area contributed by atoms with Gasteiger partial charge in [0.2, 0.25) is 5.91 Å². The third-order valence-electron chi connectivity index (χ3n) is 5.46. The maximum atomic E-state index is 13.7. The molecule has 8 heteroatoms. The molecule has 160 valence electrons. The van der Waals surface area contributed by atoms with Gasteiger partial charge in [0.15, 0.2) is 11.6 Å². The van der Waals surface area contributed by atoms with Gasteiger partial charge in [-0.05, 0) is 48.4 Å². The molecule has 1 amide bonds. The first-order valence-corrected chi connectivity index (χ1v) is 10.8. The fourth-order valence-corrected chi connectivity index (χ4v) is 5.17. The lowest BCUT2D eigenvalue weighted by molar-refractivity contribution is -0.140. The number of carbonyl (C=O) groups is 1. The molecule has 4 nitrogen and oxygen atoms in total. The number of benzene rings is 2. The highest BCUT2D eigenvalue weighted by molar-refractivity contribution is 8.00. The van der Waals surface area contributed by atoms with Crippen LogP contribution in [0, 0.1) is 17.5 Å². The van der Waals surface area contributed by atoms with Crippen LogP contribution in [-0.4, -0.2) is 59.8 Å². The Morgan fingerprint density at radius 1 is 1.03 bits per heavy atom. The van der Waals surface area contributed by atoms with Crippen molar-refractivity contribution in [2.24, 2.45) is 0 Å². The van der Waals surface area contributed by atoms with Crippen LogP contribution in [0.4, 0.5) is 13.2 Å². The first kappa shape index (κ1) is 21.2. The zero-order valence-electron chi connectivity index (χ0n) is 16.4. The van der Waals surface area contributed by atoms with Crippen molar-refractivity contribution in [2.45, 2.75) is 29.2 Å². The Bertz CT molecular complexity index is 890. The van der Waals surface area contributed by atoms with E-state index in [0.717, 1.165) is 11.0 Å². The van der Waals surface area contributed by atoms with Gasteiger partial charge in [-0.2, -0.15) is 0 Å². The van der Waals surface area contributed by atoms with Gasteiger partial charge in [0.1, 0.15) is 5.82 Å². The molecule has 2 atom stereocenters. The first-order chi connectivity index (χ1) is 14.5. The van der Waals surface area contributed by atoms with E-state index < -0.39 is 11.6 Å². The molecule has 0 aromatic heterocycles. The molecule has 0 unspecified atom stereocenters. The SMILES string of the molecule is O=C([C@@H]1C[C@H](Sc2ccc(F)cc2)CN1Cc1ccc(F)c(F)c1)N1CCOCC1. The monoisotopic (exact) mass is 436 g/mol. The van der Waals surface area contributed by atoms with Crippen LogP contribution in [0.5, 0.6) is 0 Å². The summed E-state index contributed by atoms with van der Waals surface area (Å²) >= 11 is 1.61. The summed E-state index contributed by atoms with van der Waals surface area (Å²) in [5, 5.41) is 0.135. The van der Waals surface area contributed by atoms with Crippen LogP contribution in [0.15, 0.2) is 47.4 Å². The second-order valence-corrected chi connectivity index (χ2v) is 8.93. The Labute approximate surface area is 178 Å². The molecular formula is C22H23F3N2O2S. The number of hydrogen-bond donors (Lipinski definition) is 0. The molecular weight excluding hydrogens is 413 g/mol. The predicted octanol–water partition coefficient (Wildman–Crippen LogP) is 3.70. The van der Waals surface area contributed by atoms with E-state index in [-0.39, 0.29) is 23.0 Å². The summed E-state index contributed by atoms with van der Waals surface area (Å²) in [6.45, 7) is 3.15. The standard InChI is InChI=1S/C22H23F3N2O2S/c23-16-2-4-17(5-3-16)30-18-12-21(22(28)26-7-9-29-10-8-26)27(14-18)13-15-1-6-19(24)20(25)11-15/h1-6,11,18,21H,7-10,12-14H2/t18-,21-/m0/s1. The molecule has 2 saturated heterocycles. The normalized spacial score (nSPS) is 22.4. The molecule has 2 aliphatic rings. The quantitative estimate of drug-likeness (QED) is 0.716. The van der Waals surface area contributed by atoms with E-state index in [4.69, 9.17) is 4.74 Å². The van der Waals surface area contributed by atoms with Crippen molar-refractivity contribution >= 4 is 17.7 Å². The number of ether oxygens (including phenoxy) is 1. The van der Waals surface area contributed by atoms with Gasteiger partial charge in [0, 0.05) is 36.3 Å². The third kappa shape index (κ3) is 4.99. The van der Waals surface area contributed by atoms with E-state index in [1.165, 1.54) is 18.2 Å². The molecule has 2 aromatic carbocycles. The smallest absolute Gasteiger partial charge is 0.240 e. The lowest BCUT2D eigenvalue weighted by Crippen LogP contribution is -2.49. The summed E-state index contributed by atoms with van der Waals surface area (Å²) in [6.07, 6.45) is 0.641. The lowest BCUT2D eigenvalue weighted by atomic mass is 10.1. The van der Waals surface area contributed by atoms with Crippen LogP contribution in [-0.2, 0) is 16.1 Å². The summed E-state index contributed by atoms with van der Waals surface area (Å²) in [6, 6.07) is 9.83. The van der Waals surface area contributed by atoms with Crippen LogP contribution in [0.25, 0.3) is 0 Å². The molecule has 2 aliphatic heterocycles. The number of rotatable bonds is 5. The van der Waals surface area contributed by atoms with E-state index in [9.17, 15) is 18.0 Å². The minimum atomic E-state index is -0.889. The molecule has 4 rings (SSSR count). The Kier molecular flexibility index (Phi) is 6.65. The number of hydrogen-bond acceptors (Lipinski definition) is 4. The van der Waals surface area contributed by atoms with Crippen molar-refractivity contribution in [2.75, 3.05) is 32.8 Å². The van der Waals surface area contributed by atoms with Gasteiger partial charge in [-0.1, -0.05) is 6.07 Å². The van der Waals surface area contributed by atoms with Gasteiger partial charge in [0.05, 0.1) is 19.3 Å². The average molecular weight is 436 g/mol. The van der Waals surface area contributed by atoms with Gasteiger partial charge in [0.25, 0.3) is 0 Å². The van der Waals surface area contributed by atoms with E-state index >= 15 is 0 Å². The molecule has 2 fully saturated rings. The molecule has 2 heterocycles. The number of amides is 1. The first-order valence-electron chi connectivity index (χ1n) is 9.96. The second-order valence-electron chi connectivity index (χ2n) is 7.56. The Morgan fingerprint density at radius 3 is 2.47 bits per heavy atom. The summed E-state index contributed by atoms with van der Waals surface area (Å²) in [7, 11) is 0. The van der Waals surface area contributed by atoms with Crippen molar-refractivity contribution in [3.63, 3.8) is 0 Å². The van der Waals surface area contributed by atoms with Crippen LogP contribution < -0.4 is 0 Å². The Morgan fingerprint density at radius 2 is 1.77 bits per heavy atom. The van der Waals surface area contributed by atoms with Crippen molar-refractivity contribution < 1.29 is 22.7 Å². The Balaban J connectivity index is 1.50. The molecule has 2 aromatic rings.